The lowest BCUT2D eigenvalue weighted by Gasteiger charge is -2.44. The molecule has 0 amide bonds. The first-order chi connectivity index (χ1) is 18.7. The predicted octanol–water partition coefficient (Wildman–Crippen LogP) is 2.92. The third-order valence-electron chi connectivity index (χ3n) is 5.31. The summed E-state index contributed by atoms with van der Waals surface area (Å²) < 4.78 is 24.9. The van der Waals surface area contributed by atoms with Gasteiger partial charge in [0.15, 0.2) is 17.9 Å². The maximum Gasteiger partial charge on any atom is 0.303 e. The van der Waals surface area contributed by atoms with Crippen LogP contribution in [0.2, 0.25) is 0 Å². The first kappa shape index (κ1) is 28.6. The Hall–Kier alpha value is -3.39. The summed E-state index contributed by atoms with van der Waals surface area (Å²) in [5, 5.41) is 20.4. The minimum Gasteiger partial charge on any atom is -0.463 e. The van der Waals surface area contributed by atoms with Gasteiger partial charge in [-0.25, -0.2) is 14.6 Å². The van der Waals surface area contributed by atoms with Crippen molar-refractivity contribution in [2.24, 2.45) is 0 Å². The molecule has 0 spiro atoms. The number of carbonyl (C=O) groups excluding carboxylic acids is 3. The van der Waals surface area contributed by atoms with Crippen molar-refractivity contribution in [2.45, 2.75) is 55.5 Å². The Kier molecular flexibility index (Phi) is 9.28. The molecule has 0 unspecified atom stereocenters. The van der Waals surface area contributed by atoms with Crippen LogP contribution >= 0.6 is 39.0 Å². The molecule has 0 N–H and O–H groups in total. The second kappa shape index (κ2) is 12.6. The summed E-state index contributed by atoms with van der Waals surface area (Å²) in [6.07, 6.45) is 1.49. The van der Waals surface area contributed by atoms with Crippen molar-refractivity contribution < 1.29 is 33.3 Å². The number of halogens is 1. The molecule has 0 radical (unpaired) electrons. The molecule has 204 valence electrons. The molecule has 0 bridgehead atoms. The summed E-state index contributed by atoms with van der Waals surface area (Å²) in [5.41, 5.74) is -0.402. The van der Waals surface area contributed by atoms with E-state index in [2.05, 4.69) is 36.2 Å². The van der Waals surface area contributed by atoms with Gasteiger partial charge in [0.2, 0.25) is 0 Å². The van der Waals surface area contributed by atoms with Gasteiger partial charge in [0.1, 0.15) is 41.0 Å². The minimum atomic E-state index is -1.11. The first-order valence-corrected chi connectivity index (χ1v) is 13.9. The summed E-state index contributed by atoms with van der Waals surface area (Å²) in [4.78, 5) is 44.9. The largest absolute Gasteiger partial charge is 0.463 e. The minimum absolute atomic E-state index is 0.121. The molecule has 0 aromatic carbocycles. The van der Waals surface area contributed by atoms with Gasteiger partial charge in [-0.15, -0.1) is 16.4 Å². The van der Waals surface area contributed by atoms with Gasteiger partial charge in [-0.3, -0.25) is 14.4 Å². The fraction of sp³-hybridized carbons (Fsp3) is 0.391. The van der Waals surface area contributed by atoms with Crippen molar-refractivity contribution in [3.8, 4) is 16.8 Å². The van der Waals surface area contributed by atoms with Crippen LogP contribution in [0.5, 0.6) is 0 Å². The highest BCUT2D eigenvalue weighted by Crippen LogP contribution is 2.42. The van der Waals surface area contributed by atoms with Crippen molar-refractivity contribution in [3.63, 3.8) is 0 Å². The molecular weight excluding hydrogens is 616 g/mol. The SMILES string of the molecule is CC(=O)OC[C@H]1O[C@H](Sc2cc(Br)cnc2C#N)[C@H](OC(C)=O)[C@@H](n2cc(-c3nccs3)nn2)[C@H]1OC(C)=O. The van der Waals surface area contributed by atoms with E-state index in [1.807, 2.05) is 6.07 Å². The Bertz CT molecular complexity index is 1400. The van der Waals surface area contributed by atoms with E-state index < -0.39 is 47.7 Å². The lowest BCUT2D eigenvalue weighted by molar-refractivity contribution is -0.212. The van der Waals surface area contributed by atoms with Crippen molar-refractivity contribution in [3.05, 3.63) is 40.2 Å². The molecule has 4 rings (SSSR count). The predicted molar refractivity (Wildman–Crippen MR) is 139 cm³/mol. The monoisotopic (exact) mass is 636 g/mol. The number of hydrogen-bond acceptors (Lipinski definition) is 14. The molecule has 13 nitrogen and oxygen atoms in total. The zero-order valence-electron chi connectivity index (χ0n) is 20.7. The summed E-state index contributed by atoms with van der Waals surface area (Å²) in [6, 6.07) is 2.74. The molecule has 4 heterocycles. The number of aromatic nitrogens is 5. The summed E-state index contributed by atoms with van der Waals surface area (Å²) in [7, 11) is 0. The Morgan fingerprint density at radius 1 is 1.18 bits per heavy atom. The lowest BCUT2D eigenvalue weighted by atomic mass is 9.96. The molecule has 3 aromatic heterocycles. The zero-order chi connectivity index (χ0) is 28.1. The van der Waals surface area contributed by atoms with E-state index in [0.29, 0.717) is 20.1 Å². The second-order valence-corrected chi connectivity index (χ2v) is 11.1. The second-order valence-electron chi connectivity index (χ2n) is 8.14. The molecule has 3 aromatic rings. The van der Waals surface area contributed by atoms with Crippen LogP contribution in [0, 0.1) is 11.3 Å². The van der Waals surface area contributed by atoms with Gasteiger partial charge < -0.3 is 18.9 Å². The Labute approximate surface area is 238 Å². The smallest absolute Gasteiger partial charge is 0.303 e. The maximum atomic E-state index is 12.3. The third kappa shape index (κ3) is 6.98. The molecule has 0 saturated carbocycles. The van der Waals surface area contributed by atoms with Gasteiger partial charge in [-0.05, 0) is 22.0 Å². The van der Waals surface area contributed by atoms with Crippen LogP contribution in [-0.2, 0) is 33.3 Å². The standard InChI is InChI=1S/C23H21BrN6O7S2/c1-11(31)34-10-17-20(35-12(2)32)19(30-9-16(28-29-30)22-26-4-5-38-22)21(36-13(3)33)23(37-17)39-18-6-14(24)8-27-15(18)7-25/h4-6,8-9,17,19-21,23H,10H2,1-3H3/t17-,19+,20+,21-,23-/m1/s1. The number of nitriles is 1. The van der Waals surface area contributed by atoms with Gasteiger partial charge in [0.25, 0.3) is 0 Å². The number of rotatable bonds is 8. The van der Waals surface area contributed by atoms with Gasteiger partial charge in [0, 0.05) is 47.9 Å². The van der Waals surface area contributed by atoms with Crippen LogP contribution in [0.4, 0.5) is 0 Å². The van der Waals surface area contributed by atoms with E-state index in [1.54, 1.807) is 23.8 Å². The van der Waals surface area contributed by atoms with E-state index in [4.69, 9.17) is 18.9 Å². The summed E-state index contributed by atoms with van der Waals surface area (Å²) in [6.45, 7) is 3.41. The molecule has 39 heavy (non-hydrogen) atoms. The van der Waals surface area contributed by atoms with Crippen LogP contribution in [0.25, 0.3) is 10.7 Å². The van der Waals surface area contributed by atoms with E-state index in [0.717, 1.165) is 11.8 Å². The van der Waals surface area contributed by atoms with E-state index in [1.165, 1.54) is 43.0 Å². The Morgan fingerprint density at radius 3 is 2.56 bits per heavy atom. The topological polar surface area (TPSA) is 168 Å². The van der Waals surface area contributed by atoms with Crippen LogP contribution in [0.15, 0.2) is 39.4 Å². The Balaban J connectivity index is 1.82. The number of pyridine rings is 1. The van der Waals surface area contributed by atoms with Gasteiger partial charge in [-0.1, -0.05) is 17.0 Å². The molecule has 1 aliphatic rings. The van der Waals surface area contributed by atoms with Gasteiger partial charge >= 0.3 is 17.9 Å². The number of esters is 3. The number of thioether (sulfide) groups is 1. The molecule has 1 saturated heterocycles. The van der Waals surface area contributed by atoms with Crippen LogP contribution in [0.3, 0.4) is 0 Å². The quantitative estimate of drug-likeness (QED) is 0.261. The van der Waals surface area contributed by atoms with Crippen molar-refractivity contribution in [1.29, 1.82) is 5.26 Å². The number of hydrogen-bond donors (Lipinski definition) is 0. The van der Waals surface area contributed by atoms with E-state index >= 15 is 0 Å². The van der Waals surface area contributed by atoms with Gasteiger partial charge in [0.05, 0.1) is 6.20 Å². The average Bonchev–Trinajstić information content (AvgIpc) is 3.56. The van der Waals surface area contributed by atoms with Gasteiger partial charge in [-0.2, -0.15) is 5.26 Å². The number of nitrogens with zero attached hydrogens (tertiary/aromatic N) is 6. The average molecular weight is 637 g/mol. The number of carbonyl (C=O) groups is 3. The third-order valence-corrected chi connectivity index (χ3v) is 7.71. The fourth-order valence-corrected chi connectivity index (χ4v) is 6.14. The molecule has 5 atom stereocenters. The zero-order valence-corrected chi connectivity index (χ0v) is 23.9. The summed E-state index contributed by atoms with van der Waals surface area (Å²) in [5.74, 6) is -1.84. The van der Waals surface area contributed by atoms with E-state index in [9.17, 15) is 19.6 Å². The highest BCUT2D eigenvalue weighted by Gasteiger charge is 2.52. The maximum absolute atomic E-state index is 12.3. The van der Waals surface area contributed by atoms with Crippen LogP contribution in [0.1, 0.15) is 32.5 Å². The highest BCUT2D eigenvalue weighted by molar-refractivity contribution is 9.10. The number of ether oxygens (including phenoxy) is 4. The molecular formula is C23H21BrN6O7S2. The Morgan fingerprint density at radius 2 is 1.92 bits per heavy atom. The molecule has 1 fully saturated rings. The van der Waals surface area contributed by atoms with Crippen molar-refractivity contribution in [1.82, 2.24) is 25.0 Å². The fourth-order valence-electron chi connectivity index (χ4n) is 3.87. The van der Waals surface area contributed by atoms with Crippen LogP contribution < -0.4 is 0 Å². The van der Waals surface area contributed by atoms with Crippen molar-refractivity contribution in [2.75, 3.05) is 6.61 Å². The lowest BCUT2D eigenvalue weighted by Crippen LogP contribution is -2.57. The van der Waals surface area contributed by atoms with E-state index in [-0.39, 0.29) is 12.3 Å². The highest BCUT2D eigenvalue weighted by atomic mass is 79.9. The van der Waals surface area contributed by atoms with Crippen molar-refractivity contribution >= 4 is 56.9 Å². The number of thiazole rings is 1. The first-order valence-electron chi connectivity index (χ1n) is 11.3. The molecule has 0 aliphatic carbocycles. The molecule has 1 aliphatic heterocycles. The normalized spacial score (nSPS) is 22.5. The molecule has 16 heteroatoms. The summed E-state index contributed by atoms with van der Waals surface area (Å²) >= 11 is 5.78. The van der Waals surface area contributed by atoms with Crippen LogP contribution in [-0.4, -0.2) is 73.2 Å².